The van der Waals surface area contributed by atoms with E-state index < -0.39 is 0 Å². The van der Waals surface area contributed by atoms with E-state index in [1.165, 1.54) is 21.3 Å². The summed E-state index contributed by atoms with van der Waals surface area (Å²) in [6.07, 6.45) is 3.56. The average Bonchev–Trinajstić information content (AvgIpc) is 3.58. The van der Waals surface area contributed by atoms with Crippen molar-refractivity contribution in [1.82, 2.24) is 4.57 Å². The highest BCUT2D eigenvalue weighted by Crippen LogP contribution is 2.40. The summed E-state index contributed by atoms with van der Waals surface area (Å²) in [6.45, 7) is 0. The van der Waals surface area contributed by atoms with Crippen LogP contribution in [0.2, 0.25) is 0 Å². The van der Waals surface area contributed by atoms with Crippen molar-refractivity contribution in [2.75, 3.05) is 26.6 Å². The van der Waals surface area contributed by atoms with E-state index >= 15 is 0 Å². The second-order valence-electron chi connectivity index (χ2n) is 6.90. The molecule has 0 bridgehead atoms. The maximum Gasteiger partial charge on any atom is 0.258 e. The summed E-state index contributed by atoms with van der Waals surface area (Å²) in [4.78, 5) is 25.9. The number of nitrogens with zero attached hydrogens (tertiary/aromatic N) is 1. The molecule has 1 amide bonds. The van der Waals surface area contributed by atoms with Gasteiger partial charge in [0, 0.05) is 40.8 Å². The molecule has 3 aromatic rings. The predicted molar refractivity (Wildman–Crippen MR) is 111 cm³/mol. The van der Waals surface area contributed by atoms with Gasteiger partial charge in [0.15, 0.2) is 11.5 Å². The highest BCUT2D eigenvalue weighted by atomic mass is 16.5. The van der Waals surface area contributed by atoms with Crippen molar-refractivity contribution < 1.29 is 19.0 Å². The number of methoxy groups -OCH3 is 3. The second kappa shape index (κ2) is 7.50. The lowest BCUT2D eigenvalue weighted by Gasteiger charge is -2.15. The van der Waals surface area contributed by atoms with E-state index in [2.05, 4.69) is 5.32 Å². The Labute approximate surface area is 167 Å². The van der Waals surface area contributed by atoms with Crippen LogP contribution in [-0.4, -0.2) is 31.8 Å². The fourth-order valence-electron chi connectivity index (χ4n) is 3.47. The van der Waals surface area contributed by atoms with Crippen molar-refractivity contribution in [2.24, 2.45) is 0 Å². The summed E-state index contributed by atoms with van der Waals surface area (Å²) >= 11 is 0. The van der Waals surface area contributed by atoms with E-state index in [0.717, 1.165) is 12.8 Å². The van der Waals surface area contributed by atoms with Crippen LogP contribution in [0.1, 0.15) is 29.2 Å². The fraction of sp³-hybridized carbons (Fsp3) is 0.273. The Hall–Kier alpha value is -3.48. The molecule has 0 spiro atoms. The molecule has 1 saturated carbocycles. The second-order valence-corrected chi connectivity index (χ2v) is 6.90. The van der Waals surface area contributed by atoms with Gasteiger partial charge >= 0.3 is 0 Å². The maximum absolute atomic E-state index is 13.1. The molecular weight excluding hydrogens is 372 g/mol. The van der Waals surface area contributed by atoms with E-state index in [4.69, 9.17) is 14.2 Å². The largest absolute Gasteiger partial charge is 0.493 e. The summed E-state index contributed by atoms with van der Waals surface area (Å²) in [5.74, 6) is 1.01. The van der Waals surface area contributed by atoms with Crippen LogP contribution in [0.5, 0.6) is 17.2 Å². The van der Waals surface area contributed by atoms with Crippen LogP contribution in [0.3, 0.4) is 0 Å². The number of hydrogen-bond donors (Lipinski definition) is 1. The third-order valence-electron chi connectivity index (χ3n) is 5.06. The lowest BCUT2D eigenvalue weighted by molar-refractivity contribution is 0.102. The van der Waals surface area contributed by atoms with Gasteiger partial charge in [0.2, 0.25) is 5.75 Å². The third-order valence-corrected chi connectivity index (χ3v) is 5.06. The van der Waals surface area contributed by atoms with E-state index in [1.807, 2.05) is 12.1 Å². The molecule has 29 heavy (non-hydrogen) atoms. The molecule has 150 valence electrons. The van der Waals surface area contributed by atoms with Crippen LogP contribution in [-0.2, 0) is 0 Å². The van der Waals surface area contributed by atoms with E-state index in [-0.39, 0.29) is 17.5 Å². The molecule has 1 heterocycles. The van der Waals surface area contributed by atoms with Crippen LogP contribution in [0.4, 0.5) is 5.69 Å². The first-order chi connectivity index (χ1) is 14.1. The molecule has 1 N–H and O–H groups in total. The Morgan fingerprint density at radius 1 is 1.00 bits per heavy atom. The van der Waals surface area contributed by atoms with Gasteiger partial charge in [-0.15, -0.1) is 0 Å². The first kappa shape index (κ1) is 18.9. The number of ether oxygens (including phenoxy) is 3. The number of fused-ring (bicyclic) bond motifs is 1. The molecule has 7 nitrogen and oxygen atoms in total. The highest BCUT2D eigenvalue weighted by molar-refractivity contribution is 6.12. The van der Waals surface area contributed by atoms with Gasteiger partial charge < -0.3 is 24.1 Å². The number of hydrogen-bond acceptors (Lipinski definition) is 5. The zero-order chi connectivity index (χ0) is 20.5. The topological polar surface area (TPSA) is 78.8 Å². The lowest BCUT2D eigenvalue weighted by Crippen LogP contribution is -2.23. The summed E-state index contributed by atoms with van der Waals surface area (Å²) < 4.78 is 17.7. The van der Waals surface area contributed by atoms with Crippen LogP contribution in [0, 0.1) is 0 Å². The molecule has 2 aromatic carbocycles. The molecule has 4 rings (SSSR count). The number of aromatic nitrogens is 1. The summed E-state index contributed by atoms with van der Waals surface area (Å²) in [6, 6.07) is 10.7. The molecule has 1 aromatic heterocycles. The smallest absolute Gasteiger partial charge is 0.258 e. The quantitative estimate of drug-likeness (QED) is 0.691. The van der Waals surface area contributed by atoms with Crippen LogP contribution >= 0.6 is 0 Å². The third kappa shape index (κ3) is 3.40. The normalized spacial score (nSPS) is 13.2. The minimum atomic E-state index is -0.315. The molecule has 1 fully saturated rings. The highest BCUT2D eigenvalue weighted by Gasteiger charge is 2.27. The Kier molecular flexibility index (Phi) is 4.88. The number of nitrogens with one attached hydrogen (secondary N) is 1. The first-order valence-electron chi connectivity index (χ1n) is 9.32. The fourth-order valence-corrected chi connectivity index (χ4v) is 3.47. The Balaban J connectivity index is 1.77. The molecule has 0 atom stereocenters. The minimum Gasteiger partial charge on any atom is -0.493 e. The van der Waals surface area contributed by atoms with Crippen molar-refractivity contribution in [2.45, 2.75) is 18.9 Å². The maximum atomic E-state index is 13.1. The number of rotatable bonds is 6. The Morgan fingerprint density at radius 3 is 2.17 bits per heavy atom. The predicted octanol–water partition coefficient (Wildman–Crippen LogP) is 3.61. The molecule has 1 aliphatic rings. The van der Waals surface area contributed by atoms with Gasteiger partial charge in [-0.3, -0.25) is 9.59 Å². The van der Waals surface area contributed by atoms with E-state index in [9.17, 15) is 9.59 Å². The van der Waals surface area contributed by atoms with Crippen LogP contribution in [0.15, 0.2) is 47.4 Å². The van der Waals surface area contributed by atoms with Gasteiger partial charge in [0.05, 0.1) is 26.9 Å². The van der Waals surface area contributed by atoms with Gasteiger partial charge in [-0.25, -0.2) is 0 Å². The van der Waals surface area contributed by atoms with Crippen molar-refractivity contribution in [1.29, 1.82) is 0 Å². The first-order valence-corrected chi connectivity index (χ1v) is 9.32. The molecule has 7 heteroatoms. The van der Waals surface area contributed by atoms with Gasteiger partial charge in [0.25, 0.3) is 11.5 Å². The van der Waals surface area contributed by atoms with Gasteiger partial charge in [-0.1, -0.05) is 18.2 Å². The SMILES string of the molecule is COc1cc(NC(=O)c2cn(C3CC3)c(=O)c3ccccc23)cc(OC)c1OC. The zero-order valence-electron chi connectivity index (χ0n) is 16.5. The zero-order valence-corrected chi connectivity index (χ0v) is 16.5. The van der Waals surface area contributed by atoms with Crippen molar-refractivity contribution in [3.05, 3.63) is 58.5 Å². The number of carbonyl (C=O) groups is 1. The van der Waals surface area contributed by atoms with Crippen LogP contribution in [0.25, 0.3) is 10.8 Å². The van der Waals surface area contributed by atoms with Gasteiger partial charge in [-0.05, 0) is 18.9 Å². The number of anilines is 1. The number of benzene rings is 2. The van der Waals surface area contributed by atoms with E-state index in [0.29, 0.717) is 39.3 Å². The lowest BCUT2D eigenvalue weighted by atomic mass is 10.1. The number of carbonyl (C=O) groups excluding carboxylic acids is 1. The summed E-state index contributed by atoms with van der Waals surface area (Å²) in [7, 11) is 4.55. The molecule has 0 aliphatic heterocycles. The molecule has 0 unspecified atom stereocenters. The van der Waals surface area contributed by atoms with Crippen molar-refractivity contribution in [3.63, 3.8) is 0 Å². The summed E-state index contributed by atoms with van der Waals surface area (Å²) in [5, 5.41) is 4.05. The van der Waals surface area contributed by atoms with Crippen molar-refractivity contribution in [3.8, 4) is 17.2 Å². The molecule has 0 saturated heterocycles. The minimum absolute atomic E-state index is 0.0626. The van der Waals surface area contributed by atoms with Crippen molar-refractivity contribution >= 4 is 22.4 Å². The number of amides is 1. The van der Waals surface area contributed by atoms with Gasteiger partial charge in [0.1, 0.15) is 0 Å². The van der Waals surface area contributed by atoms with Gasteiger partial charge in [-0.2, -0.15) is 0 Å². The standard InChI is InChI=1S/C22H22N2O5/c1-27-18-10-13(11-19(28-2)20(18)29-3)23-21(25)17-12-24(14-8-9-14)22(26)16-7-5-4-6-15(16)17/h4-7,10-12,14H,8-9H2,1-3H3,(H,23,25). The molecule has 0 radical (unpaired) electrons. The molecular formula is C22H22N2O5. The monoisotopic (exact) mass is 394 g/mol. The summed E-state index contributed by atoms with van der Waals surface area (Å²) in [5.41, 5.74) is 0.881. The molecule has 1 aliphatic carbocycles. The average molecular weight is 394 g/mol. The Morgan fingerprint density at radius 2 is 1.62 bits per heavy atom. The number of pyridine rings is 1. The Bertz CT molecular complexity index is 1120. The van der Waals surface area contributed by atoms with E-state index in [1.54, 1.807) is 35.0 Å². The van der Waals surface area contributed by atoms with Crippen LogP contribution < -0.4 is 25.1 Å².